The Morgan fingerprint density at radius 3 is 1.39 bits per heavy atom. The minimum Gasteiger partial charge on any atom is -0.456 e. The molecule has 0 atom stereocenters. The van der Waals surface area contributed by atoms with Gasteiger partial charge in [0.1, 0.15) is 33.5 Å². The number of furan rings is 3. The van der Waals surface area contributed by atoms with Crippen molar-refractivity contribution in [2.24, 2.45) is 0 Å². The van der Waals surface area contributed by atoms with Crippen LogP contribution in [0.4, 0.5) is 0 Å². The van der Waals surface area contributed by atoms with Crippen LogP contribution in [-0.4, -0.2) is 15.0 Å². The number of para-hydroxylation sites is 4. The van der Waals surface area contributed by atoms with Gasteiger partial charge in [0.2, 0.25) is 0 Å². The molecular weight excluding hydrogens is 703 g/mol. The van der Waals surface area contributed by atoms with Gasteiger partial charge >= 0.3 is 0 Å². The van der Waals surface area contributed by atoms with Crippen molar-refractivity contribution in [1.82, 2.24) is 15.0 Å². The predicted octanol–water partition coefficient (Wildman–Crippen LogP) is 13.9. The Labute approximate surface area is 325 Å². The number of rotatable bonds is 5. The maximum absolute atomic E-state index is 6.99. The molecule has 0 unspecified atom stereocenters. The number of hydrogen-bond acceptors (Lipinski definition) is 6. The SMILES string of the molecule is c1ccc(-c2nc(-c3ccccc3)nc(-c3ccc4oc5cccc(-c6cccc7c6oc6c(-c8cccc9c8oc8ccccc89)cccc67)c5c4c3)n2)cc1. The number of benzene rings is 8. The van der Waals surface area contributed by atoms with Crippen molar-refractivity contribution in [2.45, 2.75) is 0 Å². The monoisotopic (exact) mass is 731 g/mol. The van der Waals surface area contributed by atoms with Gasteiger partial charge in [0, 0.05) is 65.7 Å². The largest absolute Gasteiger partial charge is 0.456 e. The molecule has 12 aromatic rings. The van der Waals surface area contributed by atoms with Crippen molar-refractivity contribution in [3.8, 4) is 56.4 Å². The summed E-state index contributed by atoms with van der Waals surface area (Å²) in [7, 11) is 0. The normalized spacial score (nSPS) is 11.9. The average Bonchev–Trinajstić information content (AvgIpc) is 3.98. The molecule has 4 aromatic heterocycles. The fourth-order valence-electron chi connectivity index (χ4n) is 8.33. The summed E-state index contributed by atoms with van der Waals surface area (Å²) in [5.41, 5.74) is 11.6. The van der Waals surface area contributed by atoms with Gasteiger partial charge in [0.15, 0.2) is 17.5 Å². The lowest BCUT2D eigenvalue weighted by Crippen LogP contribution is -2.00. The van der Waals surface area contributed by atoms with E-state index in [1.54, 1.807) is 0 Å². The summed E-state index contributed by atoms with van der Waals surface area (Å²) in [6.45, 7) is 0. The van der Waals surface area contributed by atoms with Gasteiger partial charge in [-0.3, -0.25) is 0 Å². The molecule has 0 N–H and O–H groups in total. The van der Waals surface area contributed by atoms with Crippen molar-refractivity contribution in [2.75, 3.05) is 0 Å². The van der Waals surface area contributed by atoms with E-state index in [9.17, 15) is 0 Å². The lowest BCUT2D eigenvalue weighted by atomic mass is 9.96. The minimum absolute atomic E-state index is 0.586. The second-order valence-corrected chi connectivity index (χ2v) is 14.3. The van der Waals surface area contributed by atoms with E-state index >= 15 is 0 Å². The molecule has 0 aliphatic carbocycles. The van der Waals surface area contributed by atoms with Gasteiger partial charge in [0.25, 0.3) is 0 Å². The highest BCUT2D eigenvalue weighted by molar-refractivity contribution is 6.19. The molecule has 0 saturated heterocycles. The van der Waals surface area contributed by atoms with Gasteiger partial charge in [-0.05, 0) is 35.9 Å². The first-order valence-electron chi connectivity index (χ1n) is 18.9. The molecule has 6 heteroatoms. The van der Waals surface area contributed by atoms with Gasteiger partial charge in [-0.25, -0.2) is 15.0 Å². The fraction of sp³-hybridized carbons (Fsp3) is 0. The van der Waals surface area contributed by atoms with Gasteiger partial charge < -0.3 is 13.3 Å². The third kappa shape index (κ3) is 4.94. The van der Waals surface area contributed by atoms with E-state index in [-0.39, 0.29) is 0 Å². The third-order valence-corrected chi connectivity index (χ3v) is 11.0. The molecule has 0 aliphatic rings. The van der Waals surface area contributed by atoms with Crippen LogP contribution in [0, 0.1) is 0 Å². The summed E-state index contributed by atoms with van der Waals surface area (Å²) in [5.74, 6) is 1.82. The first-order valence-corrected chi connectivity index (χ1v) is 18.9. The van der Waals surface area contributed by atoms with Crippen LogP contribution in [0.2, 0.25) is 0 Å². The molecule has 12 rings (SSSR count). The summed E-state index contributed by atoms with van der Waals surface area (Å²) < 4.78 is 20.0. The van der Waals surface area contributed by atoms with E-state index in [0.717, 1.165) is 105 Å². The molecule has 0 amide bonds. The predicted molar refractivity (Wildman–Crippen MR) is 229 cm³/mol. The summed E-state index contributed by atoms with van der Waals surface area (Å²) in [4.78, 5) is 14.9. The highest BCUT2D eigenvalue weighted by Gasteiger charge is 2.22. The van der Waals surface area contributed by atoms with Gasteiger partial charge in [-0.2, -0.15) is 0 Å². The van der Waals surface area contributed by atoms with E-state index in [2.05, 4.69) is 72.8 Å². The first-order chi connectivity index (χ1) is 28.2. The van der Waals surface area contributed by atoms with E-state index in [1.165, 1.54) is 0 Å². The van der Waals surface area contributed by atoms with E-state index in [0.29, 0.717) is 17.5 Å². The highest BCUT2D eigenvalue weighted by Crippen LogP contribution is 2.45. The Bertz CT molecular complexity index is 3470. The van der Waals surface area contributed by atoms with E-state index < -0.39 is 0 Å². The topological polar surface area (TPSA) is 78.1 Å². The van der Waals surface area contributed by atoms with Crippen LogP contribution in [-0.2, 0) is 0 Å². The van der Waals surface area contributed by atoms with Crippen molar-refractivity contribution in [1.29, 1.82) is 0 Å². The van der Waals surface area contributed by atoms with Crippen LogP contribution in [0.1, 0.15) is 0 Å². The number of nitrogens with zero attached hydrogens (tertiary/aromatic N) is 3. The van der Waals surface area contributed by atoms with Crippen LogP contribution < -0.4 is 0 Å². The highest BCUT2D eigenvalue weighted by atomic mass is 16.3. The lowest BCUT2D eigenvalue weighted by molar-refractivity contribution is 0.665. The van der Waals surface area contributed by atoms with Crippen LogP contribution in [0.25, 0.3) is 122 Å². The van der Waals surface area contributed by atoms with Crippen LogP contribution >= 0.6 is 0 Å². The minimum atomic E-state index is 0.586. The molecular formula is C51H29N3O3. The van der Waals surface area contributed by atoms with E-state index in [4.69, 9.17) is 28.2 Å². The van der Waals surface area contributed by atoms with Crippen LogP contribution in [0.3, 0.4) is 0 Å². The molecule has 266 valence electrons. The fourth-order valence-corrected chi connectivity index (χ4v) is 8.33. The smallest absolute Gasteiger partial charge is 0.164 e. The van der Waals surface area contributed by atoms with Crippen molar-refractivity contribution >= 4 is 65.8 Å². The summed E-state index contributed by atoms with van der Waals surface area (Å²) in [6, 6.07) is 59.7. The summed E-state index contributed by atoms with van der Waals surface area (Å²) in [5, 5.41) is 6.22. The van der Waals surface area contributed by atoms with Crippen molar-refractivity contribution in [3.05, 3.63) is 176 Å². The molecule has 0 bridgehead atoms. The molecule has 4 heterocycles. The molecule has 57 heavy (non-hydrogen) atoms. The molecule has 6 nitrogen and oxygen atoms in total. The molecule has 0 fully saturated rings. The van der Waals surface area contributed by atoms with Gasteiger partial charge in [0.05, 0.1) is 0 Å². The zero-order valence-corrected chi connectivity index (χ0v) is 30.3. The van der Waals surface area contributed by atoms with E-state index in [1.807, 2.05) is 103 Å². The zero-order chi connectivity index (χ0) is 37.5. The Hall–Kier alpha value is -7.83. The maximum Gasteiger partial charge on any atom is 0.164 e. The number of hydrogen-bond donors (Lipinski definition) is 0. The average molecular weight is 732 g/mol. The lowest BCUT2D eigenvalue weighted by Gasteiger charge is -2.09. The molecule has 0 radical (unpaired) electrons. The molecule has 0 aliphatic heterocycles. The maximum atomic E-state index is 6.99. The second kappa shape index (κ2) is 12.3. The Morgan fingerprint density at radius 1 is 0.281 bits per heavy atom. The second-order valence-electron chi connectivity index (χ2n) is 14.3. The number of fused-ring (bicyclic) bond motifs is 9. The summed E-state index contributed by atoms with van der Waals surface area (Å²) >= 11 is 0. The Balaban J connectivity index is 1.05. The van der Waals surface area contributed by atoms with Crippen LogP contribution in [0.5, 0.6) is 0 Å². The third-order valence-electron chi connectivity index (χ3n) is 11.0. The Morgan fingerprint density at radius 2 is 0.737 bits per heavy atom. The van der Waals surface area contributed by atoms with Gasteiger partial charge in [-0.15, -0.1) is 0 Å². The quantitative estimate of drug-likeness (QED) is 0.175. The molecule has 0 saturated carbocycles. The van der Waals surface area contributed by atoms with Crippen molar-refractivity contribution in [3.63, 3.8) is 0 Å². The van der Waals surface area contributed by atoms with Gasteiger partial charge in [-0.1, -0.05) is 146 Å². The van der Waals surface area contributed by atoms with Crippen LogP contribution in [0.15, 0.2) is 189 Å². The number of aromatic nitrogens is 3. The molecule has 0 spiro atoms. The first kappa shape index (κ1) is 31.5. The van der Waals surface area contributed by atoms with Crippen molar-refractivity contribution < 1.29 is 13.3 Å². The molecule has 8 aromatic carbocycles. The summed E-state index contributed by atoms with van der Waals surface area (Å²) in [6.07, 6.45) is 0. The zero-order valence-electron chi connectivity index (χ0n) is 30.3. The Kier molecular flexibility index (Phi) is 6.83. The standard InChI is InChI=1S/C51H29N3O3/c1-3-13-30(14-4-1)49-52-50(31-15-5-2-6-16-31)54-51(53-49)32-27-28-43-41(29-32)45-34(18-12-26-44(45)55-43)36-20-10-22-39-40-24-11-23-38(48(40)57-47(36)39)37-21-9-19-35-33-17-7-8-25-42(33)56-46(35)37/h1-29H.